The molecule has 2 aliphatic heterocycles. The van der Waals surface area contributed by atoms with Gasteiger partial charge < -0.3 is 20.0 Å². The number of alkyl halides is 3. The largest absolute Gasteiger partial charge is 0.413 e. The van der Waals surface area contributed by atoms with Crippen molar-refractivity contribution in [2.45, 2.75) is 31.5 Å². The summed E-state index contributed by atoms with van der Waals surface area (Å²) in [6.45, 7) is 1.25. The minimum atomic E-state index is -4.68. The average molecular weight is 600 g/mol. The molecule has 2 atom stereocenters. The van der Waals surface area contributed by atoms with E-state index in [0.717, 1.165) is 29.1 Å². The number of amides is 2. The molecule has 2 amide bonds. The fraction of sp³-hybridized carbons (Fsp3) is 0.462. The van der Waals surface area contributed by atoms with Gasteiger partial charge in [0, 0.05) is 38.4 Å². The quantitative estimate of drug-likeness (QED) is 0.461. The van der Waals surface area contributed by atoms with E-state index in [-0.39, 0.29) is 37.0 Å². The number of hydrogen-bond donors (Lipinski definition) is 1. The number of aromatic nitrogens is 3. The minimum Gasteiger partial charge on any atom is -0.341 e. The van der Waals surface area contributed by atoms with Crippen molar-refractivity contribution in [3.8, 4) is 0 Å². The second kappa shape index (κ2) is 11.8. The van der Waals surface area contributed by atoms with Gasteiger partial charge in [-0.05, 0) is 44.0 Å². The minimum absolute atomic E-state index is 0. The number of nitrogens with zero attached hydrogens (tertiary/aromatic N) is 6. The zero-order valence-electron chi connectivity index (χ0n) is 22.0. The second-order valence-electron chi connectivity index (χ2n) is 9.92. The van der Waals surface area contributed by atoms with Crippen LogP contribution in [-0.2, 0) is 16.0 Å². The first-order valence-corrected chi connectivity index (χ1v) is 13.1. The number of rotatable bonds is 6. The van der Waals surface area contributed by atoms with Gasteiger partial charge >= 0.3 is 6.18 Å². The predicted molar refractivity (Wildman–Crippen MR) is 147 cm³/mol. The molecular formula is C26H30Cl2F3N7O2. The van der Waals surface area contributed by atoms with Crippen molar-refractivity contribution in [2.75, 3.05) is 45.2 Å². The number of nitrogens with one attached hydrogen (secondary N) is 1. The predicted octanol–water partition coefficient (Wildman–Crippen LogP) is 4.02. The molecule has 2 aromatic heterocycles. The normalized spacial score (nSPS) is 17.9. The summed E-state index contributed by atoms with van der Waals surface area (Å²) in [6.07, 6.45) is -1.03. The molecule has 40 heavy (non-hydrogen) atoms. The van der Waals surface area contributed by atoms with Crippen LogP contribution in [0.15, 0.2) is 36.5 Å². The van der Waals surface area contributed by atoms with Crippen LogP contribution in [0, 0.1) is 5.92 Å². The van der Waals surface area contributed by atoms with E-state index in [4.69, 9.17) is 11.6 Å². The molecule has 0 saturated carbocycles. The van der Waals surface area contributed by atoms with Gasteiger partial charge in [0.2, 0.25) is 11.8 Å². The molecule has 1 unspecified atom stereocenters. The van der Waals surface area contributed by atoms with Crippen LogP contribution in [0.4, 0.5) is 24.5 Å². The molecule has 0 bridgehead atoms. The Kier molecular flexibility index (Phi) is 8.81. The van der Waals surface area contributed by atoms with E-state index in [1.54, 1.807) is 36.0 Å². The summed E-state index contributed by atoms with van der Waals surface area (Å²) in [7, 11) is 2.82. The van der Waals surface area contributed by atoms with Crippen LogP contribution in [0.25, 0.3) is 5.65 Å². The van der Waals surface area contributed by atoms with E-state index in [9.17, 15) is 22.8 Å². The Morgan fingerprint density at radius 2 is 1.95 bits per heavy atom. The van der Waals surface area contributed by atoms with Gasteiger partial charge in [0.1, 0.15) is 0 Å². The molecule has 3 aromatic rings. The highest BCUT2D eigenvalue weighted by atomic mass is 35.5. The van der Waals surface area contributed by atoms with E-state index in [2.05, 4.69) is 15.4 Å². The van der Waals surface area contributed by atoms with Crippen molar-refractivity contribution in [1.29, 1.82) is 0 Å². The zero-order chi connectivity index (χ0) is 27.9. The molecular weight excluding hydrogens is 570 g/mol. The maximum Gasteiger partial charge on any atom is 0.413 e. The molecule has 9 nitrogen and oxygen atoms in total. The lowest BCUT2D eigenvalue weighted by Gasteiger charge is -2.33. The lowest BCUT2D eigenvalue weighted by Crippen LogP contribution is -2.43. The van der Waals surface area contributed by atoms with Crippen molar-refractivity contribution in [2.24, 2.45) is 5.92 Å². The van der Waals surface area contributed by atoms with Crippen LogP contribution in [0.2, 0.25) is 5.15 Å². The fourth-order valence-electron chi connectivity index (χ4n) is 5.53. The van der Waals surface area contributed by atoms with Gasteiger partial charge in [0.25, 0.3) is 0 Å². The lowest BCUT2D eigenvalue weighted by molar-refractivity contribution is -0.190. The molecule has 1 fully saturated rings. The third-order valence-electron chi connectivity index (χ3n) is 7.40. The third kappa shape index (κ3) is 5.70. The highest BCUT2D eigenvalue weighted by molar-refractivity contribution is 6.29. The summed E-state index contributed by atoms with van der Waals surface area (Å²) in [6, 6.07) is 5.67. The van der Waals surface area contributed by atoms with Crippen LogP contribution in [0.1, 0.15) is 30.1 Å². The molecule has 14 heteroatoms. The topological polar surface area (TPSA) is 86.1 Å². The molecule has 1 aromatic carbocycles. The Balaban J connectivity index is 0.00000370. The first-order valence-electron chi connectivity index (χ1n) is 12.7. The van der Waals surface area contributed by atoms with Crippen molar-refractivity contribution in [3.63, 3.8) is 0 Å². The van der Waals surface area contributed by atoms with E-state index in [0.29, 0.717) is 36.0 Å². The van der Waals surface area contributed by atoms with Gasteiger partial charge in [-0.25, -0.2) is 9.50 Å². The van der Waals surface area contributed by atoms with E-state index in [1.165, 1.54) is 24.1 Å². The maximum atomic E-state index is 14.3. The van der Waals surface area contributed by atoms with Gasteiger partial charge in [-0.3, -0.25) is 9.59 Å². The Hall–Kier alpha value is -3.09. The number of anilines is 2. The fourth-order valence-corrected chi connectivity index (χ4v) is 5.71. The van der Waals surface area contributed by atoms with Crippen LogP contribution >= 0.6 is 24.0 Å². The smallest absolute Gasteiger partial charge is 0.341 e. The van der Waals surface area contributed by atoms with Crippen molar-refractivity contribution in [1.82, 2.24) is 29.7 Å². The third-order valence-corrected chi connectivity index (χ3v) is 7.59. The number of hydrogen-bond acceptors (Lipinski definition) is 6. The van der Waals surface area contributed by atoms with E-state index >= 15 is 0 Å². The molecule has 4 heterocycles. The summed E-state index contributed by atoms with van der Waals surface area (Å²) in [4.78, 5) is 34.0. The zero-order valence-corrected chi connectivity index (χ0v) is 23.6. The van der Waals surface area contributed by atoms with E-state index in [1.807, 2.05) is 4.90 Å². The number of fused-ring (bicyclic) bond motifs is 3. The number of benzene rings is 1. The Morgan fingerprint density at radius 1 is 1.23 bits per heavy atom. The van der Waals surface area contributed by atoms with Gasteiger partial charge in [0.15, 0.2) is 16.8 Å². The molecule has 0 radical (unpaired) electrons. The molecule has 0 spiro atoms. The van der Waals surface area contributed by atoms with Crippen molar-refractivity contribution in [3.05, 3.63) is 52.9 Å². The van der Waals surface area contributed by atoms with E-state index < -0.39 is 24.0 Å². The molecule has 2 aliphatic rings. The van der Waals surface area contributed by atoms with Gasteiger partial charge in [-0.1, -0.05) is 23.7 Å². The van der Waals surface area contributed by atoms with Crippen LogP contribution in [0.3, 0.4) is 0 Å². The van der Waals surface area contributed by atoms with Gasteiger partial charge in [0.05, 0.1) is 30.0 Å². The number of carbonyl (C=O) groups excluding carboxylic acids is 2. The Labute approximate surface area is 240 Å². The average Bonchev–Trinajstić information content (AvgIpc) is 3.54. The second-order valence-corrected chi connectivity index (χ2v) is 10.3. The summed E-state index contributed by atoms with van der Waals surface area (Å²) < 4.78 is 44.6. The van der Waals surface area contributed by atoms with Gasteiger partial charge in [-0.2, -0.15) is 18.3 Å². The van der Waals surface area contributed by atoms with Crippen molar-refractivity contribution >= 4 is 52.8 Å². The van der Waals surface area contributed by atoms with Crippen LogP contribution in [-0.4, -0.2) is 82.7 Å². The molecule has 1 N–H and O–H groups in total. The maximum absolute atomic E-state index is 14.3. The monoisotopic (exact) mass is 599 g/mol. The number of likely N-dealkylation sites (N-methyl/N-ethyl adjacent to an activating group) is 1. The standard InChI is InChI=1S/C26H29ClF3N7O2.ClH/c1-31-14-23(38)35-11-9-17(15-35)25(39)34(2)24(26(28,29)30)16-5-7-18(8-6-16)36-10-3-4-19-20(36)13-32-22-12-21(27)33-37(19)22;/h5-8,12-13,17,24,31H,3-4,9-11,14-15H2,1-2H3;1H/t17?,24-;/m0./s1. The van der Waals surface area contributed by atoms with Crippen LogP contribution < -0.4 is 10.2 Å². The highest BCUT2D eigenvalue weighted by Crippen LogP contribution is 2.40. The number of likely N-dealkylation sites (tertiary alicyclic amines) is 1. The summed E-state index contributed by atoms with van der Waals surface area (Å²) in [5.74, 6) is -1.48. The Bertz CT molecular complexity index is 1380. The number of carbonyl (C=O) groups is 2. The first kappa shape index (κ1) is 29.9. The molecule has 1 saturated heterocycles. The van der Waals surface area contributed by atoms with Gasteiger partial charge in [-0.15, -0.1) is 12.4 Å². The van der Waals surface area contributed by atoms with Crippen LogP contribution in [0.5, 0.6) is 0 Å². The lowest BCUT2D eigenvalue weighted by atomic mass is 10.0. The van der Waals surface area contributed by atoms with Crippen molar-refractivity contribution < 1.29 is 22.8 Å². The molecule has 0 aliphatic carbocycles. The Morgan fingerprint density at radius 3 is 2.62 bits per heavy atom. The highest BCUT2D eigenvalue weighted by Gasteiger charge is 2.47. The summed E-state index contributed by atoms with van der Waals surface area (Å²) in [5.41, 5.74) is 3.06. The number of halogens is 5. The molecule has 216 valence electrons. The summed E-state index contributed by atoms with van der Waals surface area (Å²) >= 11 is 6.06. The molecule has 5 rings (SSSR count). The summed E-state index contributed by atoms with van der Waals surface area (Å²) in [5, 5.41) is 7.42. The first-order chi connectivity index (χ1) is 18.6. The number of aryl methyl sites for hydroxylation is 1. The SMILES string of the molecule is CNCC(=O)N1CCC(C(=O)N(C)[C@@H](c2ccc(N3CCCc4c3cnc3cc(Cl)nn43)cc2)C(F)(F)F)C1.Cl.